The van der Waals surface area contributed by atoms with Gasteiger partial charge in [-0.1, -0.05) is 0 Å². The molecule has 1 spiro atoms. The van der Waals surface area contributed by atoms with Crippen molar-refractivity contribution in [1.29, 1.82) is 0 Å². The first kappa shape index (κ1) is 34.4. The first-order chi connectivity index (χ1) is 23.1. The molecule has 3 aliphatic rings. The van der Waals surface area contributed by atoms with Crippen LogP contribution in [0.3, 0.4) is 0 Å². The molecule has 4 heterocycles. The van der Waals surface area contributed by atoms with Crippen LogP contribution in [0.5, 0.6) is 0 Å². The van der Waals surface area contributed by atoms with Gasteiger partial charge >= 0.3 is 6.18 Å². The number of halogens is 4. The second-order valence-corrected chi connectivity index (χ2v) is 13.2. The molecule has 0 atom stereocenters. The Kier molecular flexibility index (Phi) is 9.20. The Morgan fingerprint density at radius 3 is 2.37 bits per heavy atom. The zero-order valence-electron chi connectivity index (χ0n) is 28.1. The monoisotopic (exact) mass is 681 g/mol. The molecule has 2 fully saturated rings. The molecule has 2 aromatic heterocycles. The number of pyridine rings is 1. The van der Waals surface area contributed by atoms with E-state index in [-0.39, 0.29) is 42.8 Å². The van der Waals surface area contributed by atoms with Gasteiger partial charge in [-0.25, -0.2) is 19.3 Å². The average Bonchev–Trinajstić information content (AvgIpc) is 3.83. The standard InChI is InChI=1S/C35H39F4N7O3/c1-18(2)49-17-25-26(36)14-23(30-19(3)41-29(42-20(30)4)16-40-21(5)47)15-27(25)46-12-10-34(11-13-46)33(48)44-32(45-34)24-8-9-28(35(37,38)39)43-31(24)22-6-7-22/h8-9,14-15,18,22H,6-7,10-13,16-17H2,1-5H3,(H,40,47)(H,44,45,48). The van der Waals surface area contributed by atoms with Gasteiger partial charge in [-0.05, 0) is 83.2 Å². The third kappa shape index (κ3) is 7.15. The number of carbonyl (C=O) groups is 2. The molecular formula is C35H39F4N7O3. The van der Waals surface area contributed by atoms with Gasteiger partial charge < -0.3 is 20.3 Å². The maximum Gasteiger partial charge on any atom is 0.433 e. The fourth-order valence-corrected chi connectivity index (χ4v) is 6.53. The van der Waals surface area contributed by atoms with Crippen LogP contribution < -0.4 is 15.5 Å². The Bertz CT molecular complexity index is 1810. The first-order valence-electron chi connectivity index (χ1n) is 16.4. The predicted molar refractivity (Wildman–Crippen MR) is 174 cm³/mol. The van der Waals surface area contributed by atoms with E-state index >= 15 is 4.39 Å². The van der Waals surface area contributed by atoms with Crippen LogP contribution in [0.4, 0.5) is 23.2 Å². The number of alkyl halides is 3. The van der Waals surface area contributed by atoms with Gasteiger partial charge in [-0.2, -0.15) is 13.2 Å². The van der Waals surface area contributed by atoms with Gasteiger partial charge in [0.1, 0.15) is 28.7 Å². The van der Waals surface area contributed by atoms with Crippen molar-refractivity contribution in [3.8, 4) is 11.1 Å². The third-order valence-electron chi connectivity index (χ3n) is 9.18. The minimum absolute atomic E-state index is 0.0402. The fraction of sp³-hybridized carbons (Fsp3) is 0.486. The molecule has 3 aromatic rings. The molecule has 2 N–H and O–H groups in total. The molecule has 10 nitrogen and oxygen atoms in total. The van der Waals surface area contributed by atoms with Crippen LogP contribution in [-0.4, -0.2) is 57.3 Å². The van der Waals surface area contributed by atoms with Crippen LogP contribution >= 0.6 is 0 Å². The van der Waals surface area contributed by atoms with Gasteiger partial charge in [0, 0.05) is 59.7 Å². The number of hydrogen-bond acceptors (Lipinski definition) is 8. The predicted octanol–water partition coefficient (Wildman–Crippen LogP) is 5.67. The van der Waals surface area contributed by atoms with Crippen molar-refractivity contribution < 1.29 is 31.9 Å². The molecule has 49 heavy (non-hydrogen) atoms. The van der Waals surface area contributed by atoms with Crippen molar-refractivity contribution in [2.75, 3.05) is 18.0 Å². The normalized spacial score (nSPS) is 17.5. The first-order valence-corrected chi connectivity index (χ1v) is 16.4. The van der Waals surface area contributed by atoms with E-state index in [1.165, 1.54) is 19.1 Å². The van der Waals surface area contributed by atoms with Crippen LogP contribution in [0, 0.1) is 19.7 Å². The summed E-state index contributed by atoms with van der Waals surface area (Å²) in [6, 6.07) is 5.63. The highest BCUT2D eigenvalue weighted by atomic mass is 19.4. The van der Waals surface area contributed by atoms with Gasteiger partial charge in [-0.3, -0.25) is 14.6 Å². The smallest absolute Gasteiger partial charge is 0.374 e. The number of rotatable bonds is 9. The van der Waals surface area contributed by atoms with Crippen LogP contribution in [0.2, 0.25) is 0 Å². The lowest BCUT2D eigenvalue weighted by molar-refractivity contribution is -0.141. The number of benzene rings is 1. The van der Waals surface area contributed by atoms with Gasteiger partial charge in [-0.15, -0.1) is 0 Å². The van der Waals surface area contributed by atoms with Crippen molar-refractivity contribution in [2.24, 2.45) is 4.99 Å². The summed E-state index contributed by atoms with van der Waals surface area (Å²) >= 11 is 0. The Morgan fingerprint density at radius 2 is 1.78 bits per heavy atom. The van der Waals surface area contributed by atoms with Crippen LogP contribution in [0.15, 0.2) is 29.3 Å². The number of aliphatic imine (C=N–C) groups is 1. The quantitative estimate of drug-likeness (QED) is 0.280. The van der Waals surface area contributed by atoms with Gasteiger partial charge in [0.05, 0.1) is 24.9 Å². The summed E-state index contributed by atoms with van der Waals surface area (Å²) in [5, 5.41) is 5.53. The Labute approximate surface area is 281 Å². The fourth-order valence-electron chi connectivity index (χ4n) is 6.53. The molecule has 0 unspecified atom stereocenters. The minimum Gasteiger partial charge on any atom is -0.374 e. The van der Waals surface area contributed by atoms with E-state index in [0.29, 0.717) is 76.8 Å². The molecule has 14 heteroatoms. The summed E-state index contributed by atoms with van der Waals surface area (Å²) in [6.45, 7) is 9.74. The molecule has 1 saturated heterocycles. The zero-order valence-corrected chi connectivity index (χ0v) is 28.1. The zero-order chi connectivity index (χ0) is 35.2. The largest absolute Gasteiger partial charge is 0.433 e. The minimum atomic E-state index is -4.57. The number of hydrogen-bond donors (Lipinski definition) is 2. The molecule has 2 amide bonds. The van der Waals surface area contributed by atoms with E-state index in [1.807, 2.05) is 38.7 Å². The number of anilines is 1. The topological polar surface area (TPSA) is 122 Å². The number of piperidine rings is 1. The van der Waals surface area contributed by atoms with Gasteiger partial charge in [0.15, 0.2) is 0 Å². The van der Waals surface area contributed by atoms with E-state index in [0.717, 1.165) is 18.9 Å². The van der Waals surface area contributed by atoms with Crippen LogP contribution in [0.25, 0.3) is 11.1 Å². The lowest BCUT2D eigenvalue weighted by Gasteiger charge is -2.38. The highest BCUT2D eigenvalue weighted by molar-refractivity contribution is 6.16. The average molecular weight is 682 g/mol. The Balaban J connectivity index is 1.30. The van der Waals surface area contributed by atoms with E-state index in [1.54, 1.807) is 0 Å². The van der Waals surface area contributed by atoms with Crippen molar-refractivity contribution in [3.63, 3.8) is 0 Å². The SMILES string of the molecule is CC(=O)NCc1nc(C)c(-c2cc(F)c(COC(C)C)c(N3CCC4(CC3)N=C(c3ccc(C(F)(F)F)nc3C3CC3)NC4=O)c2)c(C)n1. The van der Waals surface area contributed by atoms with E-state index in [9.17, 15) is 22.8 Å². The summed E-state index contributed by atoms with van der Waals surface area (Å²) in [4.78, 5) is 44.7. The molecule has 0 bridgehead atoms. The number of aryl methyl sites for hydroxylation is 2. The maximum atomic E-state index is 16.0. The van der Waals surface area contributed by atoms with E-state index in [4.69, 9.17) is 9.73 Å². The number of nitrogens with one attached hydrogen (secondary N) is 2. The molecule has 1 saturated carbocycles. The van der Waals surface area contributed by atoms with Crippen molar-refractivity contribution in [2.45, 2.75) is 97.2 Å². The molecular weight excluding hydrogens is 642 g/mol. The van der Waals surface area contributed by atoms with E-state index in [2.05, 4.69) is 25.6 Å². The summed E-state index contributed by atoms with van der Waals surface area (Å²) in [5.74, 6) is -0.368. The number of carbonyl (C=O) groups excluding carboxylic acids is 2. The highest BCUT2D eigenvalue weighted by Crippen LogP contribution is 2.43. The summed E-state index contributed by atoms with van der Waals surface area (Å²) in [6.07, 6.45) is -2.63. The van der Waals surface area contributed by atoms with Crippen molar-refractivity contribution in [1.82, 2.24) is 25.6 Å². The molecule has 1 aromatic carbocycles. The molecule has 0 radical (unpaired) electrons. The van der Waals surface area contributed by atoms with Crippen molar-refractivity contribution >= 4 is 23.3 Å². The third-order valence-corrected chi connectivity index (χ3v) is 9.18. The highest BCUT2D eigenvalue weighted by Gasteiger charge is 2.47. The molecule has 1 aliphatic carbocycles. The summed E-state index contributed by atoms with van der Waals surface area (Å²) < 4.78 is 62.2. The molecule has 260 valence electrons. The number of nitrogens with zero attached hydrogens (tertiary/aromatic N) is 5. The number of ether oxygens (including phenoxy) is 1. The van der Waals surface area contributed by atoms with E-state index < -0.39 is 23.2 Å². The van der Waals surface area contributed by atoms with Crippen molar-refractivity contribution in [3.05, 3.63) is 69.8 Å². The maximum absolute atomic E-state index is 16.0. The van der Waals surface area contributed by atoms with Gasteiger partial charge in [0.25, 0.3) is 5.91 Å². The Morgan fingerprint density at radius 1 is 1.10 bits per heavy atom. The number of amides is 2. The van der Waals surface area contributed by atoms with Crippen LogP contribution in [0.1, 0.15) is 92.1 Å². The number of amidine groups is 1. The summed E-state index contributed by atoms with van der Waals surface area (Å²) in [5.41, 5.74) is 2.20. The molecule has 6 rings (SSSR count). The second-order valence-electron chi connectivity index (χ2n) is 13.2. The second kappa shape index (κ2) is 13.1. The number of aromatic nitrogens is 3. The van der Waals surface area contributed by atoms with Gasteiger partial charge in [0.2, 0.25) is 5.91 Å². The Hall–Kier alpha value is -4.46. The lowest BCUT2D eigenvalue weighted by Crippen LogP contribution is -2.49. The summed E-state index contributed by atoms with van der Waals surface area (Å²) in [7, 11) is 0. The molecule has 2 aliphatic heterocycles. The lowest BCUT2D eigenvalue weighted by atomic mass is 9.87. The van der Waals surface area contributed by atoms with Crippen LogP contribution in [-0.2, 0) is 33.7 Å².